The van der Waals surface area contributed by atoms with Gasteiger partial charge in [0.15, 0.2) is 5.82 Å². The van der Waals surface area contributed by atoms with Crippen LogP contribution in [0.1, 0.15) is 56.6 Å². The number of nitrogens with zero attached hydrogens (tertiary/aromatic N) is 3. The molecule has 0 fully saturated rings. The van der Waals surface area contributed by atoms with Crippen LogP contribution in [0.3, 0.4) is 0 Å². The van der Waals surface area contributed by atoms with E-state index < -0.39 is 0 Å². The molecular weight excluding hydrogens is 318 g/mol. The molecule has 2 aromatic rings. The minimum Gasteiger partial charge on any atom is -0.338 e. The van der Waals surface area contributed by atoms with Crippen LogP contribution in [0.15, 0.2) is 28.8 Å². The van der Waals surface area contributed by atoms with Crippen molar-refractivity contribution in [1.29, 1.82) is 5.26 Å². The van der Waals surface area contributed by atoms with Crippen LogP contribution in [0.2, 0.25) is 0 Å². The maximum Gasteiger partial charge on any atom is 0.315 e. The van der Waals surface area contributed by atoms with Gasteiger partial charge in [0.1, 0.15) is 6.04 Å². The summed E-state index contributed by atoms with van der Waals surface area (Å²) in [5, 5.41) is 18.4. The fourth-order valence-corrected chi connectivity index (χ4v) is 2.14. The quantitative estimate of drug-likeness (QED) is 0.870. The van der Waals surface area contributed by atoms with Crippen LogP contribution in [0.25, 0.3) is 0 Å². The number of urea groups is 1. The number of hydrogen-bond acceptors (Lipinski definition) is 5. The highest BCUT2D eigenvalue weighted by Crippen LogP contribution is 2.20. The van der Waals surface area contributed by atoms with Crippen molar-refractivity contribution in [2.45, 2.75) is 45.6 Å². The van der Waals surface area contributed by atoms with Gasteiger partial charge in [-0.1, -0.05) is 38.1 Å². The highest BCUT2D eigenvalue weighted by atomic mass is 16.5. The maximum absolute atomic E-state index is 12.0. The molecule has 0 bridgehead atoms. The first kappa shape index (κ1) is 18.5. The summed E-state index contributed by atoms with van der Waals surface area (Å²) < 4.78 is 5.22. The molecule has 2 amide bonds. The first-order valence-corrected chi connectivity index (χ1v) is 8.17. The molecule has 0 radical (unpaired) electrons. The highest BCUT2D eigenvalue weighted by molar-refractivity contribution is 5.74. The van der Waals surface area contributed by atoms with Crippen molar-refractivity contribution >= 4 is 6.03 Å². The first-order chi connectivity index (χ1) is 11.8. The lowest BCUT2D eigenvalue weighted by molar-refractivity contribution is 0.234. The van der Waals surface area contributed by atoms with E-state index in [1.54, 1.807) is 13.0 Å². The third-order valence-electron chi connectivity index (χ3n) is 3.59. The van der Waals surface area contributed by atoms with E-state index in [-0.39, 0.29) is 17.5 Å². The van der Waals surface area contributed by atoms with Gasteiger partial charge in [-0.25, -0.2) is 4.79 Å². The van der Waals surface area contributed by atoms with Crippen molar-refractivity contribution < 1.29 is 9.32 Å². The molecule has 1 atom stereocenters. The van der Waals surface area contributed by atoms with E-state index >= 15 is 0 Å². The van der Waals surface area contributed by atoms with Gasteiger partial charge in [-0.2, -0.15) is 10.2 Å². The van der Waals surface area contributed by atoms with Gasteiger partial charge in [0, 0.05) is 12.0 Å². The molecule has 0 aliphatic rings. The van der Waals surface area contributed by atoms with Crippen molar-refractivity contribution in [2.24, 2.45) is 0 Å². The summed E-state index contributed by atoms with van der Waals surface area (Å²) >= 11 is 0. The van der Waals surface area contributed by atoms with E-state index in [1.807, 2.05) is 39.0 Å². The Morgan fingerprint density at radius 2 is 2.16 bits per heavy atom. The molecule has 0 unspecified atom stereocenters. The summed E-state index contributed by atoms with van der Waals surface area (Å²) in [6.45, 7) is 8.23. The number of nitriles is 1. The molecule has 0 saturated heterocycles. The minimum atomic E-state index is -0.384. The van der Waals surface area contributed by atoms with E-state index in [0.29, 0.717) is 30.2 Å². The average Bonchev–Trinajstić information content (AvgIpc) is 3.05. The fourth-order valence-electron chi connectivity index (χ4n) is 2.14. The lowest BCUT2D eigenvalue weighted by Crippen LogP contribution is -2.38. The van der Waals surface area contributed by atoms with Gasteiger partial charge in [0.05, 0.1) is 11.6 Å². The van der Waals surface area contributed by atoms with Crippen LogP contribution in [0.4, 0.5) is 4.79 Å². The average molecular weight is 341 g/mol. The summed E-state index contributed by atoms with van der Waals surface area (Å²) in [6.07, 6.45) is 0.645. The molecular formula is C18H23N5O2. The third kappa shape index (κ3) is 5.31. The third-order valence-corrected chi connectivity index (χ3v) is 3.59. The number of carbonyl (C=O) groups is 1. The zero-order chi connectivity index (χ0) is 18.4. The SMILES string of the molecule is C[C@@H](NC(=O)NCCc1cccc(C#N)c1)c1nc(C(C)(C)C)no1. The second-order valence-electron chi connectivity index (χ2n) is 6.89. The van der Waals surface area contributed by atoms with Crippen molar-refractivity contribution in [2.75, 3.05) is 6.54 Å². The van der Waals surface area contributed by atoms with Crippen LogP contribution < -0.4 is 10.6 Å². The molecule has 0 aliphatic heterocycles. The van der Waals surface area contributed by atoms with Crippen molar-refractivity contribution in [3.8, 4) is 6.07 Å². The number of aromatic nitrogens is 2. The Bertz CT molecular complexity index is 770. The molecule has 25 heavy (non-hydrogen) atoms. The van der Waals surface area contributed by atoms with Crippen molar-refractivity contribution in [1.82, 2.24) is 20.8 Å². The Balaban J connectivity index is 1.81. The largest absolute Gasteiger partial charge is 0.338 e. The molecule has 0 saturated carbocycles. The molecule has 1 aromatic heterocycles. The van der Waals surface area contributed by atoms with Crippen LogP contribution in [-0.2, 0) is 11.8 Å². The standard InChI is InChI=1S/C18H23N5O2/c1-12(15-22-16(23-25-15)18(2,3)4)21-17(24)20-9-8-13-6-5-7-14(10-13)11-19/h5-7,10,12H,8-9H2,1-4H3,(H2,20,21,24)/t12-/m1/s1. The number of amides is 2. The topological polar surface area (TPSA) is 104 Å². The first-order valence-electron chi connectivity index (χ1n) is 8.17. The van der Waals surface area contributed by atoms with Gasteiger partial charge < -0.3 is 15.2 Å². The van der Waals surface area contributed by atoms with E-state index in [9.17, 15) is 4.79 Å². The number of carbonyl (C=O) groups excluding carboxylic acids is 1. The van der Waals surface area contributed by atoms with E-state index in [1.165, 1.54) is 0 Å². The van der Waals surface area contributed by atoms with Crippen molar-refractivity contribution in [3.05, 3.63) is 47.1 Å². The fraction of sp³-hybridized carbons (Fsp3) is 0.444. The molecule has 0 spiro atoms. The number of benzene rings is 1. The van der Waals surface area contributed by atoms with Gasteiger partial charge >= 0.3 is 6.03 Å². The monoisotopic (exact) mass is 341 g/mol. The number of rotatable bonds is 5. The summed E-state index contributed by atoms with van der Waals surface area (Å²) in [7, 11) is 0. The van der Waals surface area contributed by atoms with E-state index in [4.69, 9.17) is 9.78 Å². The minimum absolute atomic E-state index is 0.207. The molecule has 1 aromatic carbocycles. The predicted octanol–water partition coefficient (Wildman–Crippen LogP) is 2.84. The molecule has 1 heterocycles. The molecule has 2 rings (SSSR count). The molecule has 2 N–H and O–H groups in total. The van der Waals surface area contributed by atoms with Crippen LogP contribution in [-0.4, -0.2) is 22.7 Å². The zero-order valence-electron chi connectivity index (χ0n) is 15.0. The van der Waals surface area contributed by atoms with E-state index in [0.717, 1.165) is 5.56 Å². The summed E-state index contributed by atoms with van der Waals surface area (Å²) in [6, 6.07) is 8.73. The van der Waals surface area contributed by atoms with Gasteiger partial charge in [0.25, 0.3) is 0 Å². The normalized spacial score (nSPS) is 12.3. The molecule has 7 heteroatoms. The Labute approximate surface area is 147 Å². The van der Waals surface area contributed by atoms with Gasteiger partial charge in [-0.3, -0.25) is 0 Å². The molecule has 7 nitrogen and oxygen atoms in total. The van der Waals surface area contributed by atoms with Crippen LogP contribution in [0, 0.1) is 11.3 Å². The predicted molar refractivity (Wildman–Crippen MR) is 92.8 cm³/mol. The summed E-state index contributed by atoms with van der Waals surface area (Å²) in [5.74, 6) is 0.982. The Hall–Kier alpha value is -2.88. The second-order valence-corrected chi connectivity index (χ2v) is 6.89. The lowest BCUT2D eigenvalue weighted by Gasteiger charge is -2.12. The lowest BCUT2D eigenvalue weighted by atomic mass is 9.96. The Morgan fingerprint density at radius 1 is 1.40 bits per heavy atom. The summed E-state index contributed by atoms with van der Waals surface area (Å²) in [4.78, 5) is 16.3. The highest BCUT2D eigenvalue weighted by Gasteiger charge is 2.23. The Kier molecular flexibility index (Phi) is 5.75. The van der Waals surface area contributed by atoms with E-state index in [2.05, 4.69) is 26.8 Å². The van der Waals surface area contributed by atoms with Crippen LogP contribution in [0.5, 0.6) is 0 Å². The van der Waals surface area contributed by atoms with Gasteiger partial charge in [-0.05, 0) is 31.0 Å². The van der Waals surface area contributed by atoms with Crippen LogP contribution >= 0.6 is 0 Å². The Morgan fingerprint density at radius 3 is 2.80 bits per heavy atom. The summed E-state index contributed by atoms with van der Waals surface area (Å²) in [5.41, 5.74) is 1.41. The van der Waals surface area contributed by atoms with Gasteiger partial charge in [0.2, 0.25) is 5.89 Å². The smallest absolute Gasteiger partial charge is 0.315 e. The molecule has 132 valence electrons. The zero-order valence-corrected chi connectivity index (χ0v) is 15.0. The van der Waals surface area contributed by atoms with Gasteiger partial charge in [-0.15, -0.1) is 0 Å². The van der Waals surface area contributed by atoms with Crippen molar-refractivity contribution in [3.63, 3.8) is 0 Å². The second kappa shape index (κ2) is 7.79. The maximum atomic E-state index is 12.0. The molecule has 0 aliphatic carbocycles. The number of hydrogen-bond donors (Lipinski definition) is 2. The number of nitrogens with one attached hydrogen (secondary N) is 2.